The fourth-order valence-electron chi connectivity index (χ4n) is 4.02. The summed E-state index contributed by atoms with van der Waals surface area (Å²) < 4.78 is 3.46. The van der Waals surface area contributed by atoms with Gasteiger partial charge in [-0.05, 0) is 53.9 Å². The van der Waals surface area contributed by atoms with Crippen LogP contribution in [0.5, 0.6) is 0 Å². The van der Waals surface area contributed by atoms with Crippen LogP contribution < -0.4 is 5.32 Å². The third-order valence-corrected chi connectivity index (χ3v) is 5.57. The minimum atomic E-state index is -0.255. The van der Waals surface area contributed by atoms with E-state index < -0.39 is 0 Å². The van der Waals surface area contributed by atoms with Crippen LogP contribution in [0.4, 0.5) is 5.69 Å². The second kappa shape index (κ2) is 8.64. The Hall–Kier alpha value is -4.77. The zero-order valence-electron chi connectivity index (χ0n) is 18.7. The van der Waals surface area contributed by atoms with Crippen LogP contribution in [0.3, 0.4) is 0 Å². The van der Waals surface area contributed by atoms with Crippen LogP contribution in [0.25, 0.3) is 22.4 Å². The van der Waals surface area contributed by atoms with Crippen molar-refractivity contribution in [1.29, 1.82) is 5.26 Å². The van der Waals surface area contributed by atoms with E-state index in [2.05, 4.69) is 26.6 Å². The van der Waals surface area contributed by atoms with Gasteiger partial charge in [-0.1, -0.05) is 26.0 Å². The fourth-order valence-corrected chi connectivity index (χ4v) is 4.02. The monoisotopic (exact) mass is 447 g/mol. The molecule has 34 heavy (non-hydrogen) atoms. The molecule has 0 atom stereocenters. The Bertz CT molecular complexity index is 1540. The summed E-state index contributed by atoms with van der Waals surface area (Å²) in [5, 5.41) is 22.3. The minimum absolute atomic E-state index is 0.0381. The standard InChI is InChI=1S/C26H21N7O/c1-17(2)25-18(13-27)6-5-7-22(25)26(34)31-20-10-9-19-14-30-33(23(19)12-20)21-15-29-32(16-21)24-8-3-4-11-28-24/h3-12,14-17H,1-2H3,(H,31,34). The molecule has 0 saturated carbocycles. The number of nitriles is 1. The number of rotatable bonds is 5. The number of nitrogens with zero attached hydrogens (tertiary/aromatic N) is 6. The van der Waals surface area contributed by atoms with Crippen LogP contribution in [0, 0.1) is 11.3 Å². The van der Waals surface area contributed by atoms with Gasteiger partial charge >= 0.3 is 0 Å². The average molecular weight is 448 g/mol. The van der Waals surface area contributed by atoms with Gasteiger partial charge in [0.15, 0.2) is 5.82 Å². The van der Waals surface area contributed by atoms with E-state index in [1.807, 2.05) is 56.4 Å². The molecule has 1 N–H and O–H groups in total. The summed E-state index contributed by atoms with van der Waals surface area (Å²) in [6, 6.07) is 18.7. The minimum Gasteiger partial charge on any atom is -0.322 e. The summed E-state index contributed by atoms with van der Waals surface area (Å²) in [6.07, 6.45) is 7.05. The van der Waals surface area contributed by atoms with E-state index in [0.717, 1.165) is 22.2 Å². The molecular weight excluding hydrogens is 426 g/mol. The van der Waals surface area contributed by atoms with Crippen molar-refractivity contribution >= 4 is 22.5 Å². The van der Waals surface area contributed by atoms with E-state index in [9.17, 15) is 10.1 Å². The van der Waals surface area contributed by atoms with Crippen molar-refractivity contribution in [3.8, 4) is 17.6 Å². The molecule has 0 bridgehead atoms. The van der Waals surface area contributed by atoms with Gasteiger partial charge in [-0.25, -0.2) is 14.3 Å². The maximum absolute atomic E-state index is 13.1. The normalized spacial score (nSPS) is 11.0. The van der Waals surface area contributed by atoms with Gasteiger partial charge in [0.25, 0.3) is 5.91 Å². The smallest absolute Gasteiger partial charge is 0.255 e. The van der Waals surface area contributed by atoms with Crippen LogP contribution in [0.1, 0.15) is 41.3 Å². The quantitative estimate of drug-likeness (QED) is 0.415. The van der Waals surface area contributed by atoms with Gasteiger partial charge in [0, 0.05) is 22.8 Å². The molecule has 0 unspecified atom stereocenters. The summed E-state index contributed by atoms with van der Waals surface area (Å²) in [6.45, 7) is 3.95. The van der Waals surface area contributed by atoms with Gasteiger partial charge in [0.2, 0.25) is 0 Å². The molecule has 3 aromatic heterocycles. The first kappa shape index (κ1) is 21.1. The molecule has 1 amide bonds. The van der Waals surface area contributed by atoms with Crippen molar-refractivity contribution in [2.45, 2.75) is 19.8 Å². The maximum Gasteiger partial charge on any atom is 0.255 e. The number of nitrogens with one attached hydrogen (secondary N) is 1. The lowest BCUT2D eigenvalue weighted by Crippen LogP contribution is -2.16. The molecule has 8 nitrogen and oxygen atoms in total. The molecule has 0 radical (unpaired) electrons. The number of carbonyl (C=O) groups is 1. The Balaban J connectivity index is 1.48. The molecule has 166 valence electrons. The molecule has 0 aliphatic heterocycles. The van der Waals surface area contributed by atoms with Gasteiger partial charge < -0.3 is 5.32 Å². The van der Waals surface area contributed by atoms with Crippen molar-refractivity contribution in [2.24, 2.45) is 0 Å². The van der Waals surface area contributed by atoms with E-state index in [4.69, 9.17) is 0 Å². The number of carbonyl (C=O) groups excluding carboxylic acids is 1. The Morgan fingerprint density at radius 3 is 2.71 bits per heavy atom. The Kier molecular flexibility index (Phi) is 5.36. The number of anilines is 1. The molecule has 0 spiro atoms. The summed E-state index contributed by atoms with van der Waals surface area (Å²) in [5.74, 6) is 0.490. The van der Waals surface area contributed by atoms with Crippen LogP contribution in [0.15, 0.2) is 79.4 Å². The first-order valence-corrected chi connectivity index (χ1v) is 10.8. The van der Waals surface area contributed by atoms with Crippen LogP contribution >= 0.6 is 0 Å². The number of hydrogen-bond donors (Lipinski definition) is 1. The van der Waals surface area contributed by atoms with E-state index in [-0.39, 0.29) is 11.8 Å². The van der Waals surface area contributed by atoms with Crippen LogP contribution in [0.2, 0.25) is 0 Å². The van der Waals surface area contributed by atoms with Gasteiger partial charge in [0.1, 0.15) is 5.69 Å². The highest BCUT2D eigenvalue weighted by Crippen LogP contribution is 2.26. The van der Waals surface area contributed by atoms with Gasteiger partial charge in [-0.15, -0.1) is 0 Å². The van der Waals surface area contributed by atoms with Crippen LogP contribution in [-0.2, 0) is 0 Å². The molecule has 0 saturated heterocycles. The first-order valence-electron chi connectivity index (χ1n) is 10.8. The third-order valence-electron chi connectivity index (χ3n) is 5.57. The topological polar surface area (TPSA) is 101 Å². The molecule has 2 aromatic carbocycles. The first-order chi connectivity index (χ1) is 16.5. The summed E-state index contributed by atoms with van der Waals surface area (Å²) >= 11 is 0. The molecule has 8 heteroatoms. The largest absolute Gasteiger partial charge is 0.322 e. The molecule has 0 aliphatic carbocycles. The second-order valence-electron chi connectivity index (χ2n) is 8.15. The molecule has 0 aliphatic rings. The zero-order valence-corrected chi connectivity index (χ0v) is 18.7. The third kappa shape index (κ3) is 3.80. The van der Waals surface area contributed by atoms with Crippen LogP contribution in [-0.4, -0.2) is 30.5 Å². The molecular formula is C26H21N7O. The summed E-state index contributed by atoms with van der Waals surface area (Å²) in [7, 11) is 0. The molecule has 0 fully saturated rings. The van der Waals surface area contributed by atoms with Crippen molar-refractivity contribution in [3.05, 3.63) is 96.1 Å². The predicted molar refractivity (Wildman–Crippen MR) is 129 cm³/mol. The number of amides is 1. The number of hydrogen-bond acceptors (Lipinski definition) is 5. The Labute approximate surface area is 196 Å². The van der Waals surface area contributed by atoms with E-state index >= 15 is 0 Å². The fraction of sp³-hybridized carbons (Fsp3) is 0.115. The van der Waals surface area contributed by atoms with E-state index in [1.54, 1.807) is 46.2 Å². The SMILES string of the molecule is CC(C)c1c(C#N)cccc1C(=O)Nc1ccc2cnn(-c3cnn(-c4ccccn4)c3)c2c1. The zero-order chi connectivity index (χ0) is 23.7. The van der Waals surface area contributed by atoms with E-state index in [1.165, 1.54) is 0 Å². The lowest BCUT2D eigenvalue weighted by atomic mass is 9.92. The van der Waals surface area contributed by atoms with Crippen molar-refractivity contribution < 1.29 is 4.79 Å². The van der Waals surface area contributed by atoms with Gasteiger partial charge in [-0.2, -0.15) is 15.5 Å². The second-order valence-corrected chi connectivity index (χ2v) is 8.15. The average Bonchev–Trinajstić information content (AvgIpc) is 3.51. The number of benzene rings is 2. The Morgan fingerprint density at radius 2 is 1.94 bits per heavy atom. The van der Waals surface area contributed by atoms with Gasteiger partial charge in [-0.3, -0.25) is 4.79 Å². The van der Waals surface area contributed by atoms with Gasteiger partial charge in [0.05, 0.1) is 35.7 Å². The van der Waals surface area contributed by atoms with Crippen molar-refractivity contribution in [2.75, 3.05) is 5.32 Å². The maximum atomic E-state index is 13.1. The molecule has 5 rings (SSSR count). The highest BCUT2D eigenvalue weighted by Gasteiger charge is 2.18. The van der Waals surface area contributed by atoms with E-state index in [0.29, 0.717) is 22.6 Å². The number of fused-ring (bicyclic) bond motifs is 1. The number of aromatic nitrogens is 5. The van der Waals surface area contributed by atoms with Crippen molar-refractivity contribution in [3.63, 3.8) is 0 Å². The lowest BCUT2D eigenvalue weighted by molar-refractivity contribution is 0.102. The summed E-state index contributed by atoms with van der Waals surface area (Å²) in [4.78, 5) is 17.5. The molecule has 3 heterocycles. The summed E-state index contributed by atoms with van der Waals surface area (Å²) in [5.41, 5.74) is 3.99. The molecule has 5 aromatic rings. The van der Waals surface area contributed by atoms with Crippen molar-refractivity contribution in [1.82, 2.24) is 24.5 Å². The highest BCUT2D eigenvalue weighted by atomic mass is 16.1. The highest BCUT2D eigenvalue weighted by molar-refractivity contribution is 6.06. The predicted octanol–water partition coefficient (Wildman–Crippen LogP) is 4.85. The Morgan fingerprint density at radius 1 is 1.06 bits per heavy atom. The number of pyridine rings is 1. The lowest BCUT2D eigenvalue weighted by Gasteiger charge is -2.14.